The lowest BCUT2D eigenvalue weighted by atomic mass is 10.0. The van der Waals surface area contributed by atoms with Gasteiger partial charge in [0, 0.05) is 23.9 Å². The summed E-state index contributed by atoms with van der Waals surface area (Å²) in [6.45, 7) is 0. The van der Waals surface area contributed by atoms with E-state index in [0.29, 0.717) is 0 Å². The molecule has 2 aliphatic heterocycles. The molecule has 0 aliphatic carbocycles. The van der Waals surface area contributed by atoms with E-state index in [1.54, 1.807) is 7.11 Å². The number of para-hydroxylation sites is 1. The van der Waals surface area contributed by atoms with Gasteiger partial charge < -0.3 is 10.1 Å². The van der Waals surface area contributed by atoms with E-state index < -0.39 is 0 Å². The zero-order valence-electron chi connectivity index (χ0n) is 14.3. The van der Waals surface area contributed by atoms with Crippen molar-refractivity contribution < 1.29 is 9.53 Å². The molecule has 0 aromatic heterocycles. The molecule has 0 saturated carbocycles. The maximum Gasteiger partial charge on any atom is 0.234 e. The van der Waals surface area contributed by atoms with Gasteiger partial charge in [-0.3, -0.25) is 4.79 Å². The van der Waals surface area contributed by atoms with Crippen LogP contribution in [0.5, 0.6) is 5.75 Å². The number of hydrogen-bond donors (Lipinski definition) is 1. The molecule has 2 aromatic rings. The van der Waals surface area contributed by atoms with Crippen LogP contribution in [-0.4, -0.2) is 35.2 Å². The number of amides is 1. The number of methoxy groups -OCH3 is 1. The average molecular weight is 366 g/mol. The minimum absolute atomic E-state index is 0.0820. The highest BCUT2D eigenvalue weighted by molar-refractivity contribution is 8.14. The van der Waals surface area contributed by atoms with E-state index in [0.717, 1.165) is 28.7 Å². The van der Waals surface area contributed by atoms with Gasteiger partial charge in [0.25, 0.3) is 0 Å². The molecule has 1 atom stereocenters. The van der Waals surface area contributed by atoms with Crippen LogP contribution < -0.4 is 10.1 Å². The van der Waals surface area contributed by atoms with Crippen LogP contribution in [0.15, 0.2) is 58.6 Å². The van der Waals surface area contributed by atoms with Gasteiger partial charge in [0.05, 0.1) is 24.6 Å². The highest BCUT2D eigenvalue weighted by Gasteiger charge is 2.32. The van der Waals surface area contributed by atoms with E-state index in [-0.39, 0.29) is 17.7 Å². The standard InChI is InChI=1S/C19H18N4O2S/c1-25-14-8-6-13(7-9-14)21-18(24)12-26-19-22-16-5-3-2-4-15(16)17-10-11-20-23(17)19/h2-9,11,17H,10,12H2,1H3,(H,21,24). The van der Waals surface area contributed by atoms with Gasteiger partial charge in [-0.25, -0.2) is 10.0 Å². The summed E-state index contributed by atoms with van der Waals surface area (Å²) in [5.74, 6) is 0.943. The summed E-state index contributed by atoms with van der Waals surface area (Å²) < 4.78 is 5.12. The lowest BCUT2D eigenvalue weighted by molar-refractivity contribution is -0.113. The van der Waals surface area contributed by atoms with E-state index >= 15 is 0 Å². The number of ether oxygens (including phenoxy) is 1. The topological polar surface area (TPSA) is 66.3 Å². The first kappa shape index (κ1) is 16.7. The van der Waals surface area contributed by atoms with Crippen molar-refractivity contribution in [3.05, 3.63) is 54.1 Å². The Bertz CT molecular complexity index is 879. The van der Waals surface area contributed by atoms with Gasteiger partial charge in [0.15, 0.2) is 5.17 Å². The molecule has 0 radical (unpaired) electrons. The Hall–Kier alpha value is -2.80. The number of fused-ring (bicyclic) bond motifs is 3. The Morgan fingerprint density at radius 1 is 1.27 bits per heavy atom. The quantitative estimate of drug-likeness (QED) is 0.894. The van der Waals surface area contributed by atoms with E-state index in [2.05, 4.69) is 21.5 Å². The predicted molar refractivity (Wildman–Crippen MR) is 105 cm³/mol. The fourth-order valence-electron chi connectivity index (χ4n) is 2.98. The lowest BCUT2D eigenvalue weighted by Crippen LogP contribution is -2.29. The number of thioether (sulfide) groups is 1. The second-order valence-electron chi connectivity index (χ2n) is 5.91. The van der Waals surface area contributed by atoms with Gasteiger partial charge in [-0.1, -0.05) is 30.0 Å². The van der Waals surface area contributed by atoms with Crippen molar-refractivity contribution >= 4 is 40.4 Å². The number of hydrazone groups is 1. The van der Waals surface area contributed by atoms with Crippen molar-refractivity contribution in [3.8, 4) is 5.75 Å². The van der Waals surface area contributed by atoms with Crippen LogP contribution in [0.3, 0.4) is 0 Å². The van der Waals surface area contributed by atoms with E-state index in [1.807, 2.05) is 53.7 Å². The number of rotatable bonds is 4. The van der Waals surface area contributed by atoms with Crippen LogP contribution >= 0.6 is 11.8 Å². The fourth-order valence-corrected chi connectivity index (χ4v) is 3.78. The third-order valence-electron chi connectivity index (χ3n) is 4.24. The molecule has 132 valence electrons. The Morgan fingerprint density at radius 3 is 2.88 bits per heavy atom. The summed E-state index contributed by atoms with van der Waals surface area (Å²) in [7, 11) is 1.61. The maximum atomic E-state index is 12.3. The SMILES string of the molecule is COc1ccc(NC(=O)CSC2=Nc3ccccc3C3CC=NN23)cc1. The molecule has 2 aliphatic rings. The second kappa shape index (κ2) is 7.21. The van der Waals surface area contributed by atoms with Crippen LogP contribution in [-0.2, 0) is 4.79 Å². The van der Waals surface area contributed by atoms with Crippen molar-refractivity contribution in [2.24, 2.45) is 10.1 Å². The monoisotopic (exact) mass is 366 g/mol. The number of amidine groups is 1. The molecule has 2 aromatic carbocycles. The molecule has 1 amide bonds. The van der Waals surface area contributed by atoms with Crippen molar-refractivity contribution in [1.82, 2.24) is 5.01 Å². The van der Waals surface area contributed by atoms with Gasteiger partial charge in [0.2, 0.25) is 5.91 Å². The largest absolute Gasteiger partial charge is 0.497 e. The first-order valence-electron chi connectivity index (χ1n) is 8.30. The van der Waals surface area contributed by atoms with Crippen LogP contribution in [0, 0.1) is 0 Å². The number of aliphatic imine (C=N–C) groups is 1. The summed E-state index contributed by atoms with van der Waals surface area (Å²) in [6, 6.07) is 15.5. The highest BCUT2D eigenvalue weighted by Crippen LogP contribution is 2.40. The molecule has 0 saturated heterocycles. The third-order valence-corrected chi connectivity index (χ3v) is 5.19. The molecule has 26 heavy (non-hydrogen) atoms. The average Bonchev–Trinajstić information content (AvgIpc) is 3.17. The molecule has 0 fully saturated rings. The summed E-state index contributed by atoms with van der Waals surface area (Å²) in [4.78, 5) is 17.0. The molecule has 6 nitrogen and oxygen atoms in total. The molecule has 1 unspecified atom stereocenters. The minimum Gasteiger partial charge on any atom is -0.497 e. The third kappa shape index (κ3) is 3.30. The Labute approximate surface area is 156 Å². The number of nitrogens with one attached hydrogen (secondary N) is 1. The summed E-state index contributed by atoms with van der Waals surface area (Å²) in [5.41, 5.74) is 2.87. The Morgan fingerprint density at radius 2 is 2.08 bits per heavy atom. The molecule has 2 heterocycles. The van der Waals surface area contributed by atoms with Gasteiger partial charge in [0.1, 0.15) is 5.75 Å². The van der Waals surface area contributed by atoms with Crippen molar-refractivity contribution in [2.75, 3.05) is 18.2 Å². The fraction of sp³-hybridized carbons (Fsp3) is 0.211. The Balaban J connectivity index is 1.42. The number of benzene rings is 2. The normalized spacial score (nSPS) is 17.3. The zero-order valence-corrected chi connectivity index (χ0v) is 15.1. The maximum absolute atomic E-state index is 12.3. The van der Waals surface area contributed by atoms with Crippen molar-refractivity contribution in [2.45, 2.75) is 12.5 Å². The molecule has 7 heteroatoms. The summed E-state index contributed by atoms with van der Waals surface area (Å²) >= 11 is 1.40. The smallest absolute Gasteiger partial charge is 0.234 e. The second-order valence-corrected chi connectivity index (χ2v) is 6.86. The van der Waals surface area contributed by atoms with Crippen LogP contribution in [0.4, 0.5) is 11.4 Å². The molecule has 1 N–H and O–H groups in total. The van der Waals surface area contributed by atoms with Crippen molar-refractivity contribution in [3.63, 3.8) is 0 Å². The van der Waals surface area contributed by atoms with Crippen LogP contribution in [0.1, 0.15) is 18.0 Å². The molecule has 4 rings (SSSR count). The molecular weight excluding hydrogens is 348 g/mol. The van der Waals surface area contributed by atoms with Gasteiger partial charge >= 0.3 is 0 Å². The molecule has 0 spiro atoms. The lowest BCUT2D eigenvalue weighted by Gasteiger charge is -2.29. The van der Waals surface area contributed by atoms with E-state index in [4.69, 9.17) is 4.74 Å². The predicted octanol–water partition coefficient (Wildman–Crippen LogP) is 3.80. The van der Waals surface area contributed by atoms with Gasteiger partial charge in [-0.05, 0) is 30.3 Å². The summed E-state index contributed by atoms with van der Waals surface area (Å²) in [5, 5.41) is 9.98. The van der Waals surface area contributed by atoms with E-state index in [1.165, 1.54) is 17.3 Å². The Kier molecular flexibility index (Phi) is 4.62. The highest BCUT2D eigenvalue weighted by atomic mass is 32.2. The van der Waals surface area contributed by atoms with Crippen LogP contribution in [0.2, 0.25) is 0 Å². The molecule has 0 bridgehead atoms. The number of nitrogens with zero attached hydrogens (tertiary/aromatic N) is 3. The zero-order chi connectivity index (χ0) is 17.9. The number of hydrogen-bond acceptors (Lipinski definition) is 6. The van der Waals surface area contributed by atoms with Gasteiger partial charge in [-0.15, -0.1) is 0 Å². The molecular formula is C19H18N4O2S. The number of anilines is 1. The van der Waals surface area contributed by atoms with E-state index in [9.17, 15) is 4.79 Å². The first-order valence-corrected chi connectivity index (χ1v) is 9.29. The number of carbonyl (C=O) groups is 1. The minimum atomic E-state index is -0.0820. The first-order chi connectivity index (χ1) is 12.7. The van der Waals surface area contributed by atoms with Crippen LogP contribution in [0.25, 0.3) is 0 Å². The van der Waals surface area contributed by atoms with Crippen molar-refractivity contribution in [1.29, 1.82) is 0 Å². The number of carbonyl (C=O) groups excluding carboxylic acids is 1. The summed E-state index contributed by atoms with van der Waals surface area (Å²) in [6.07, 6.45) is 2.76. The van der Waals surface area contributed by atoms with Gasteiger partial charge in [-0.2, -0.15) is 5.10 Å².